The van der Waals surface area contributed by atoms with Gasteiger partial charge >= 0.3 is 11.7 Å². The second kappa shape index (κ2) is 13.0. The van der Waals surface area contributed by atoms with Crippen LogP contribution in [0, 0.1) is 5.82 Å². The molecule has 0 spiro atoms. The number of carbonyl (C=O) groups excluding carboxylic acids is 2. The van der Waals surface area contributed by atoms with Gasteiger partial charge < -0.3 is 24.1 Å². The molecule has 0 saturated carbocycles. The molecule has 3 N–H and O–H groups in total. The lowest BCUT2D eigenvalue weighted by Crippen LogP contribution is -2.40. The van der Waals surface area contributed by atoms with Crippen molar-refractivity contribution < 1.29 is 32.1 Å². The Kier molecular flexibility index (Phi) is 9.50. The molecule has 3 aromatic rings. The molecule has 1 saturated heterocycles. The molecule has 0 radical (unpaired) electrons. The standard InChI is InChI=1S/C27H31FN4O7S/c1-29-40(36)31-22-6-4-5-16(25(22)28)13-21-20(15-24(33)30-17-9-11-37-12-10-17)19-8-7-18(38-27(35)32(2)3)14-23(19)39-26(21)34/h4-8,14,17,29,31H,9-13,15H2,1-3H3,(H,30,33). The summed E-state index contributed by atoms with van der Waals surface area (Å²) in [6, 6.07) is 8.98. The van der Waals surface area contributed by atoms with Crippen molar-refractivity contribution in [1.29, 1.82) is 0 Å². The number of anilines is 1. The fraction of sp³-hybridized carbons (Fsp3) is 0.370. The summed E-state index contributed by atoms with van der Waals surface area (Å²) in [5.74, 6) is -0.834. The van der Waals surface area contributed by atoms with Gasteiger partial charge in [-0.2, -0.15) is 0 Å². The molecule has 1 aliphatic heterocycles. The zero-order valence-electron chi connectivity index (χ0n) is 22.4. The number of nitrogens with one attached hydrogen (secondary N) is 3. The van der Waals surface area contributed by atoms with E-state index in [9.17, 15) is 18.6 Å². The van der Waals surface area contributed by atoms with Crippen LogP contribution in [-0.4, -0.2) is 61.5 Å². The average molecular weight is 575 g/mol. The van der Waals surface area contributed by atoms with Crippen molar-refractivity contribution >= 4 is 39.8 Å². The first-order valence-electron chi connectivity index (χ1n) is 12.6. The van der Waals surface area contributed by atoms with Crippen molar-refractivity contribution in [3.8, 4) is 5.75 Å². The quantitative estimate of drug-likeness (QED) is 0.334. The monoisotopic (exact) mass is 574 g/mol. The molecule has 4 rings (SSSR count). The predicted octanol–water partition coefficient (Wildman–Crippen LogP) is 2.63. The SMILES string of the molecule is CNS(=O)Nc1cccc(Cc2c(CC(=O)NC3CCOCC3)c3ccc(OC(=O)N(C)C)cc3oc2=O)c1F. The van der Waals surface area contributed by atoms with Crippen LogP contribution in [0.5, 0.6) is 5.75 Å². The number of nitrogens with zero attached hydrogens (tertiary/aromatic N) is 1. The molecule has 2 amide bonds. The first kappa shape index (κ1) is 29.2. The van der Waals surface area contributed by atoms with Crippen LogP contribution < -0.4 is 25.1 Å². The van der Waals surface area contributed by atoms with E-state index < -0.39 is 28.7 Å². The minimum Gasteiger partial charge on any atom is -0.422 e. The van der Waals surface area contributed by atoms with Gasteiger partial charge in [0.2, 0.25) is 5.91 Å². The van der Waals surface area contributed by atoms with Crippen LogP contribution in [0.1, 0.15) is 29.5 Å². The number of hydrogen-bond donors (Lipinski definition) is 3. The van der Waals surface area contributed by atoms with Crippen molar-refractivity contribution in [2.75, 3.05) is 39.1 Å². The topological polar surface area (TPSA) is 139 Å². The van der Waals surface area contributed by atoms with E-state index in [1.807, 2.05) is 0 Å². The van der Waals surface area contributed by atoms with Crippen LogP contribution >= 0.6 is 0 Å². The Morgan fingerprint density at radius 2 is 1.90 bits per heavy atom. The molecule has 214 valence electrons. The van der Waals surface area contributed by atoms with Crippen LogP contribution in [0.2, 0.25) is 0 Å². The van der Waals surface area contributed by atoms with Gasteiger partial charge in [0.1, 0.15) is 11.3 Å². The van der Waals surface area contributed by atoms with Crippen LogP contribution in [0.3, 0.4) is 0 Å². The summed E-state index contributed by atoms with van der Waals surface area (Å²) in [6.07, 6.45) is 0.404. The Hall–Kier alpha value is -3.81. The number of halogens is 1. The van der Waals surface area contributed by atoms with Crippen LogP contribution in [-0.2, 0) is 33.5 Å². The van der Waals surface area contributed by atoms with Crippen molar-refractivity contribution in [1.82, 2.24) is 14.9 Å². The molecule has 40 heavy (non-hydrogen) atoms. The Balaban J connectivity index is 1.74. The second-order valence-electron chi connectivity index (χ2n) is 9.43. The van der Waals surface area contributed by atoms with E-state index in [1.54, 1.807) is 12.1 Å². The second-order valence-corrected chi connectivity index (χ2v) is 10.6. The van der Waals surface area contributed by atoms with Gasteiger partial charge in [0, 0.05) is 56.8 Å². The van der Waals surface area contributed by atoms with Gasteiger partial charge in [0.25, 0.3) is 0 Å². The lowest BCUT2D eigenvalue weighted by Gasteiger charge is -2.23. The number of benzene rings is 2. The smallest absolute Gasteiger partial charge is 0.414 e. The molecule has 1 unspecified atom stereocenters. The van der Waals surface area contributed by atoms with E-state index in [0.29, 0.717) is 37.0 Å². The zero-order valence-corrected chi connectivity index (χ0v) is 23.2. The minimum atomic E-state index is -1.71. The van der Waals surface area contributed by atoms with Crippen LogP contribution in [0.25, 0.3) is 11.0 Å². The van der Waals surface area contributed by atoms with Crippen molar-refractivity contribution in [3.63, 3.8) is 0 Å². The highest BCUT2D eigenvalue weighted by molar-refractivity contribution is 7.84. The predicted molar refractivity (Wildman–Crippen MR) is 148 cm³/mol. The average Bonchev–Trinajstić information content (AvgIpc) is 2.92. The molecular formula is C27H31FN4O7S. The third kappa shape index (κ3) is 7.03. The maximum Gasteiger partial charge on any atom is 0.414 e. The summed E-state index contributed by atoms with van der Waals surface area (Å²) >= 11 is -1.71. The summed E-state index contributed by atoms with van der Waals surface area (Å²) in [5, 5.41) is 3.44. The number of hydrogen-bond acceptors (Lipinski definition) is 7. The fourth-order valence-corrected chi connectivity index (χ4v) is 4.80. The molecule has 1 atom stereocenters. The molecule has 1 aliphatic rings. The molecular weight excluding hydrogens is 543 g/mol. The molecule has 11 nitrogen and oxygen atoms in total. The summed E-state index contributed by atoms with van der Waals surface area (Å²) < 4.78 is 48.4. The summed E-state index contributed by atoms with van der Waals surface area (Å²) in [6.45, 7) is 1.09. The van der Waals surface area contributed by atoms with Gasteiger partial charge in [-0.05, 0) is 49.2 Å². The molecule has 1 aromatic heterocycles. The third-order valence-electron chi connectivity index (χ3n) is 6.42. The number of ether oxygens (including phenoxy) is 2. The molecule has 0 bridgehead atoms. The fourth-order valence-electron chi connectivity index (χ4n) is 4.34. The van der Waals surface area contributed by atoms with E-state index >= 15 is 4.39 Å². The minimum absolute atomic E-state index is 0.0125. The maximum absolute atomic E-state index is 15.3. The van der Waals surface area contributed by atoms with Crippen LogP contribution in [0.4, 0.5) is 14.9 Å². The normalized spacial score (nSPS) is 14.5. The maximum atomic E-state index is 15.3. The van der Waals surface area contributed by atoms with E-state index in [4.69, 9.17) is 13.9 Å². The van der Waals surface area contributed by atoms with Gasteiger partial charge in [-0.1, -0.05) is 12.1 Å². The Morgan fingerprint density at radius 3 is 2.60 bits per heavy atom. The first-order chi connectivity index (χ1) is 19.2. The number of carbonyl (C=O) groups is 2. The molecule has 2 heterocycles. The van der Waals surface area contributed by atoms with Crippen molar-refractivity contribution in [3.05, 3.63) is 69.3 Å². The van der Waals surface area contributed by atoms with Gasteiger partial charge in [-0.25, -0.2) is 22.9 Å². The van der Waals surface area contributed by atoms with Gasteiger partial charge in [-0.15, -0.1) is 0 Å². The lowest BCUT2D eigenvalue weighted by molar-refractivity contribution is -0.121. The summed E-state index contributed by atoms with van der Waals surface area (Å²) in [7, 11) is 4.52. The third-order valence-corrected chi connectivity index (χ3v) is 7.20. The number of rotatable bonds is 9. The molecule has 13 heteroatoms. The summed E-state index contributed by atoms with van der Waals surface area (Å²) in [5.41, 5.74) is -0.0220. The van der Waals surface area contributed by atoms with Crippen LogP contribution in [0.15, 0.2) is 45.6 Å². The first-order valence-corrected chi connectivity index (χ1v) is 13.8. The Morgan fingerprint density at radius 1 is 1.15 bits per heavy atom. The van der Waals surface area contributed by atoms with E-state index in [-0.39, 0.29) is 52.9 Å². The number of fused-ring (bicyclic) bond motifs is 1. The summed E-state index contributed by atoms with van der Waals surface area (Å²) in [4.78, 5) is 39.6. The number of amides is 2. The highest BCUT2D eigenvalue weighted by Crippen LogP contribution is 2.28. The van der Waals surface area contributed by atoms with Crippen molar-refractivity contribution in [2.24, 2.45) is 0 Å². The zero-order chi connectivity index (χ0) is 28.8. The van der Waals surface area contributed by atoms with Gasteiger partial charge in [0.15, 0.2) is 17.0 Å². The Bertz CT molecular complexity index is 1490. The largest absolute Gasteiger partial charge is 0.422 e. The molecule has 0 aliphatic carbocycles. The molecule has 2 aromatic carbocycles. The Labute approximate surface area is 232 Å². The van der Waals surface area contributed by atoms with Crippen molar-refractivity contribution in [2.45, 2.75) is 31.7 Å². The highest BCUT2D eigenvalue weighted by Gasteiger charge is 2.23. The van der Waals surface area contributed by atoms with E-state index in [2.05, 4.69) is 14.8 Å². The van der Waals surface area contributed by atoms with E-state index in [0.717, 1.165) is 0 Å². The lowest BCUT2D eigenvalue weighted by atomic mass is 9.95. The highest BCUT2D eigenvalue weighted by atomic mass is 32.2. The molecule has 1 fully saturated rings. The van der Waals surface area contributed by atoms with Gasteiger partial charge in [-0.3, -0.25) is 9.52 Å². The van der Waals surface area contributed by atoms with Gasteiger partial charge in [0.05, 0.1) is 12.1 Å². The van der Waals surface area contributed by atoms with E-state index in [1.165, 1.54) is 50.3 Å².